The SMILES string of the molecule is C[N+](C)(C)CCOP(=O)([O-])OCCCCCCCCCCCCCCCCCCCCCCO. The van der Waals surface area contributed by atoms with E-state index in [2.05, 4.69) is 0 Å². The lowest BCUT2D eigenvalue weighted by Gasteiger charge is -2.27. The molecule has 1 unspecified atom stereocenters. The summed E-state index contributed by atoms with van der Waals surface area (Å²) < 4.78 is 22.2. The van der Waals surface area contributed by atoms with Crippen LogP contribution in [0.25, 0.3) is 0 Å². The highest BCUT2D eigenvalue weighted by molar-refractivity contribution is 7.45. The van der Waals surface area contributed by atoms with Gasteiger partial charge in [0.2, 0.25) is 0 Å². The van der Waals surface area contributed by atoms with Gasteiger partial charge in [-0.3, -0.25) is 4.57 Å². The minimum Gasteiger partial charge on any atom is -0.756 e. The van der Waals surface area contributed by atoms with Crippen LogP contribution in [0.5, 0.6) is 0 Å². The van der Waals surface area contributed by atoms with Crippen molar-refractivity contribution < 1.29 is 28.1 Å². The summed E-state index contributed by atoms with van der Waals surface area (Å²) in [4.78, 5) is 11.7. The molecule has 0 aromatic rings. The molecule has 0 aliphatic rings. The number of rotatable bonds is 27. The fourth-order valence-corrected chi connectivity index (χ4v) is 4.77. The number of unbranched alkanes of at least 4 members (excludes halogenated alkanes) is 19. The summed E-state index contributed by atoms with van der Waals surface area (Å²) in [6.45, 7) is 1.38. The van der Waals surface area contributed by atoms with E-state index in [4.69, 9.17) is 14.2 Å². The first kappa shape index (κ1) is 34.0. The molecule has 206 valence electrons. The second kappa shape index (κ2) is 23.4. The predicted octanol–water partition coefficient (Wildman–Crippen LogP) is 6.99. The van der Waals surface area contributed by atoms with Crippen molar-refractivity contribution in [1.82, 2.24) is 0 Å². The molecule has 7 heteroatoms. The summed E-state index contributed by atoms with van der Waals surface area (Å²) in [7, 11) is 1.85. The molecular weight excluding hydrogens is 449 g/mol. The molecule has 0 fully saturated rings. The standard InChI is InChI=1S/C27H58NO5P/c1-28(2,3)24-27-33-34(30,31)32-26-23-21-19-17-15-13-11-9-7-5-4-6-8-10-12-14-16-18-20-22-25-29/h29H,4-27H2,1-3H3. The molecule has 1 N–H and O–H groups in total. The molecule has 0 aromatic carbocycles. The highest BCUT2D eigenvalue weighted by atomic mass is 31.2. The maximum Gasteiger partial charge on any atom is 0.268 e. The van der Waals surface area contributed by atoms with Crippen LogP contribution in [0.1, 0.15) is 128 Å². The Balaban J connectivity index is 3.22. The first-order chi connectivity index (χ1) is 16.3. The Hall–Kier alpha value is 0.0300. The van der Waals surface area contributed by atoms with E-state index in [1.165, 1.54) is 103 Å². The second-order valence-corrected chi connectivity index (χ2v) is 12.3. The summed E-state index contributed by atoms with van der Waals surface area (Å²) in [5.74, 6) is 0. The van der Waals surface area contributed by atoms with Gasteiger partial charge in [0.25, 0.3) is 7.82 Å². The lowest BCUT2D eigenvalue weighted by Crippen LogP contribution is -2.37. The molecule has 0 saturated heterocycles. The third kappa shape index (κ3) is 28.3. The van der Waals surface area contributed by atoms with Crippen LogP contribution in [0.4, 0.5) is 0 Å². The van der Waals surface area contributed by atoms with Gasteiger partial charge in [-0.2, -0.15) is 0 Å². The van der Waals surface area contributed by atoms with Gasteiger partial charge in [-0.25, -0.2) is 0 Å². The van der Waals surface area contributed by atoms with Crippen molar-refractivity contribution in [3.63, 3.8) is 0 Å². The zero-order valence-electron chi connectivity index (χ0n) is 22.9. The maximum absolute atomic E-state index is 11.7. The Bertz CT molecular complexity index is 470. The molecule has 6 nitrogen and oxygen atoms in total. The van der Waals surface area contributed by atoms with Crippen LogP contribution in [0, 0.1) is 0 Å². The first-order valence-electron chi connectivity index (χ1n) is 14.3. The Morgan fingerprint density at radius 3 is 1.18 bits per heavy atom. The van der Waals surface area contributed by atoms with Crippen LogP contribution < -0.4 is 4.89 Å². The number of aliphatic hydroxyl groups is 1. The molecule has 0 heterocycles. The van der Waals surface area contributed by atoms with Crippen molar-refractivity contribution in [2.24, 2.45) is 0 Å². The van der Waals surface area contributed by atoms with Gasteiger partial charge in [-0.15, -0.1) is 0 Å². The van der Waals surface area contributed by atoms with Gasteiger partial charge in [0.05, 0.1) is 27.7 Å². The van der Waals surface area contributed by atoms with E-state index in [0.717, 1.165) is 25.7 Å². The normalized spacial score (nSPS) is 13.9. The Morgan fingerprint density at radius 2 is 0.853 bits per heavy atom. The summed E-state index contributed by atoms with van der Waals surface area (Å²) in [6.07, 6.45) is 25.4. The number of phosphoric ester groups is 1. The highest BCUT2D eigenvalue weighted by Gasteiger charge is 2.12. The van der Waals surface area contributed by atoms with Crippen molar-refractivity contribution in [2.45, 2.75) is 128 Å². The lowest BCUT2D eigenvalue weighted by molar-refractivity contribution is -0.870. The first-order valence-corrected chi connectivity index (χ1v) is 15.7. The minimum absolute atomic E-state index is 0.165. The predicted molar refractivity (Wildman–Crippen MR) is 142 cm³/mol. The minimum atomic E-state index is -4.14. The van der Waals surface area contributed by atoms with E-state index in [9.17, 15) is 9.46 Å². The largest absolute Gasteiger partial charge is 0.756 e. The maximum atomic E-state index is 11.7. The van der Waals surface area contributed by atoms with Gasteiger partial charge in [0, 0.05) is 6.61 Å². The lowest BCUT2D eigenvalue weighted by atomic mass is 10.0. The van der Waals surface area contributed by atoms with E-state index >= 15 is 0 Å². The van der Waals surface area contributed by atoms with Crippen molar-refractivity contribution in [3.8, 4) is 0 Å². The zero-order chi connectivity index (χ0) is 25.4. The van der Waals surface area contributed by atoms with Gasteiger partial charge in [0.1, 0.15) is 13.2 Å². The van der Waals surface area contributed by atoms with Crippen molar-refractivity contribution in [1.29, 1.82) is 0 Å². The third-order valence-electron chi connectivity index (χ3n) is 6.31. The number of aliphatic hydroxyl groups excluding tert-OH is 1. The monoisotopic (exact) mass is 507 g/mol. The molecule has 0 rings (SSSR count). The van der Waals surface area contributed by atoms with Gasteiger partial charge >= 0.3 is 0 Å². The van der Waals surface area contributed by atoms with Crippen LogP contribution in [-0.2, 0) is 13.6 Å². The Labute approximate surface area is 212 Å². The van der Waals surface area contributed by atoms with Gasteiger partial charge < -0.3 is 23.5 Å². The van der Waals surface area contributed by atoms with Crippen molar-refractivity contribution in [3.05, 3.63) is 0 Å². The Morgan fingerprint density at radius 1 is 0.559 bits per heavy atom. The average Bonchev–Trinajstić information content (AvgIpc) is 2.76. The molecule has 0 amide bonds. The molecule has 0 saturated carbocycles. The Kier molecular flexibility index (Phi) is 23.5. The van der Waals surface area contributed by atoms with E-state index in [1.54, 1.807) is 0 Å². The number of hydrogen-bond acceptors (Lipinski definition) is 5. The van der Waals surface area contributed by atoms with E-state index in [0.29, 0.717) is 17.6 Å². The number of phosphoric acid groups is 1. The van der Waals surface area contributed by atoms with Crippen LogP contribution in [0.3, 0.4) is 0 Å². The fourth-order valence-electron chi connectivity index (χ4n) is 4.04. The van der Waals surface area contributed by atoms with Crippen LogP contribution >= 0.6 is 7.82 Å². The molecule has 0 aliphatic heterocycles. The number of likely N-dealkylation sites (N-methyl/N-ethyl adjacent to an activating group) is 1. The van der Waals surface area contributed by atoms with Crippen molar-refractivity contribution >= 4 is 7.82 Å². The van der Waals surface area contributed by atoms with Gasteiger partial charge in [0.15, 0.2) is 0 Å². The number of quaternary nitrogens is 1. The zero-order valence-corrected chi connectivity index (χ0v) is 23.8. The molecule has 34 heavy (non-hydrogen) atoms. The van der Waals surface area contributed by atoms with E-state index in [1.807, 2.05) is 21.1 Å². The van der Waals surface area contributed by atoms with Crippen LogP contribution in [-0.4, -0.2) is 57.1 Å². The molecule has 0 aromatic heterocycles. The fraction of sp³-hybridized carbons (Fsp3) is 1.00. The summed E-state index contributed by atoms with van der Waals surface area (Å²) in [6, 6.07) is 0. The van der Waals surface area contributed by atoms with Gasteiger partial charge in [-0.1, -0.05) is 116 Å². The summed E-state index contributed by atoms with van der Waals surface area (Å²) in [5, 5.41) is 8.75. The topological polar surface area (TPSA) is 78.8 Å². The highest BCUT2D eigenvalue weighted by Crippen LogP contribution is 2.38. The van der Waals surface area contributed by atoms with Gasteiger partial charge in [-0.05, 0) is 12.8 Å². The summed E-state index contributed by atoms with van der Waals surface area (Å²) >= 11 is 0. The molecule has 1 atom stereocenters. The quantitative estimate of drug-likeness (QED) is 0.0736. The second-order valence-electron chi connectivity index (χ2n) is 10.9. The summed E-state index contributed by atoms with van der Waals surface area (Å²) in [5.41, 5.74) is 0. The third-order valence-corrected chi connectivity index (χ3v) is 7.31. The average molecular weight is 508 g/mol. The molecule has 0 aliphatic carbocycles. The van der Waals surface area contributed by atoms with E-state index < -0.39 is 7.82 Å². The molecular formula is C27H58NO5P. The van der Waals surface area contributed by atoms with Crippen molar-refractivity contribution in [2.75, 3.05) is 47.5 Å². The number of nitrogens with zero attached hydrogens (tertiary/aromatic N) is 1. The van der Waals surface area contributed by atoms with Crippen LogP contribution in [0.2, 0.25) is 0 Å². The van der Waals surface area contributed by atoms with Crippen LogP contribution in [0.15, 0.2) is 0 Å². The molecule has 0 spiro atoms. The molecule has 0 radical (unpaired) electrons. The number of hydrogen-bond donors (Lipinski definition) is 1. The van der Waals surface area contributed by atoms with E-state index in [-0.39, 0.29) is 13.2 Å². The molecule has 0 bridgehead atoms. The smallest absolute Gasteiger partial charge is 0.268 e.